The Morgan fingerprint density at radius 2 is 0.957 bits per heavy atom. The molecule has 0 aliphatic heterocycles. The average Bonchev–Trinajstić information content (AvgIpc) is 3.34. The summed E-state index contributed by atoms with van der Waals surface area (Å²) in [6, 6.07) is 0.588. The van der Waals surface area contributed by atoms with Crippen molar-refractivity contribution in [2.24, 2.45) is 11.8 Å². The highest BCUT2D eigenvalue weighted by Crippen LogP contribution is 2.24. The maximum Gasteiger partial charge on any atom is 0.305 e. The van der Waals surface area contributed by atoms with Crippen LogP contribution in [0.15, 0.2) is 0 Å². The smallest absolute Gasteiger partial charge is 0.305 e. The van der Waals surface area contributed by atoms with E-state index in [1.807, 2.05) is 0 Å². The van der Waals surface area contributed by atoms with Crippen LogP contribution >= 0.6 is 0 Å². The third kappa shape index (κ3) is 41.4. The van der Waals surface area contributed by atoms with E-state index in [0.717, 1.165) is 116 Å². The van der Waals surface area contributed by atoms with E-state index in [1.54, 1.807) is 0 Å². The van der Waals surface area contributed by atoms with Gasteiger partial charge in [-0.3, -0.25) is 24.2 Å². The van der Waals surface area contributed by atoms with Gasteiger partial charge in [0.1, 0.15) is 0 Å². The van der Waals surface area contributed by atoms with Gasteiger partial charge in [-0.2, -0.15) is 0 Å². The van der Waals surface area contributed by atoms with Crippen LogP contribution in [0.25, 0.3) is 0 Å². The molecule has 1 unspecified atom stereocenters. The van der Waals surface area contributed by atoms with E-state index >= 15 is 0 Å². The molecule has 0 heterocycles. The summed E-state index contributed by atoms with van der Waals surface area (Å²) in [7, 11) is 0. The van der Waals surface area contributed by atoms with Gasteiger partial charge in [-0.15, -0.1) is 0 Å². The first-order valence-electron chi connectivity index (χ1n) is 30.1. The number of nitrogens with zero attached hydrogens (tertiary/aromatic N) is 2. The molecule has 1 aliphatic rings. The van der Waals surface area contributed by atoms with E-state index < -0.39 is 0 Å². The zero-order valence-corrected chi connectivity index (χ0v) is 46.2. The first-order valence-corrected chi connectivity index (χ1v) is 30.1. The summed E-state index contributed by atoms with van der Waals surface area (Å²) in [6.07, 6.45) is 43.2. The molecule has 0 spiro atoms. The predicted octanol–water partition coefficient (Wildman–Crippen LogP) is 14.3. The number of unbranched alkanes of at least 4 members (excludes halogenated alkanes) is 19. The Labute approximate surface area is 427 Å². The number of hydrogen-bond acceptors (Lipinski definition) is 9. The molecule has 2 N–H and O–H groups in total. The molecule has 0 bridgehead atoms. The molecule has 0 aromatic heterocycles. The summed E-state index contributed by atoms with van der Waals surface area (Å²) < 4.78 is 17.4. The van der Waals surface area contributed by atoms with Crippen LogP contribution in [-0.2, 0) is 28.6 Å². The maximum absolute atomic E-state index is 13.0. The quantitative estimate of drug-likeness (QED) is 0.0454. The molecule has 10 heteroatoms. The van der Waals surface area contributed by atoms with Crippen LogP contribution in [-0.4, -0.2) is 111 Å². The van der Waals surface area contributed by atoms with E-state index in [0.29, 0.717) is 57.6 Å². The highest BCUT2D eigenvalue weighted by atomic mass is 16.5. The van der Waals surface area contributed by atoms with Crippen LogP contribution in [0.4, 0.5) is 0 Å². The molecule has 69 heavy (non-hydrogen) atoms. The normalized spacial score (nSPS) is 14.1. The molecular weight excluding hydrogens is 863 g/mol. The average molecular weight is 979 g/mol. The zero-order chi connectivity index (χ0) is 50.1. The van der Waals surface area contributed by atoms with Crippen molar-refractivity contribution in [3.05, 3.63) is 0 Å². The number of hydrogen-bond donors (Lipinski definition) is 2. The highest BCUT2D eigenvalue weighted by molar-refractivity contribution is 5.75. The van der Waals surface area contributed by atoms with Crippen LogP contribution in [0.1, 0.15) is 272 Å². The standard InChI is InChI=1S/C59H115N3O7/c1-5-9-13-17-21-26-36-54(35-25-16-12-8-4)51-60-57(64)40-29-24-33-43-61(47-49-67-50-48-63)45-46-62(56-38-27-22-18-23-28-39-56)44-34-32-37-55(52-68-58(65)41-30-19-14-10-6-2)53-69-59(66)42-31-20-15-11-7-3/h54-56,63H,5-53H2,1-4H3,(H,60,64). The zero-order valence-electron chi connectivity index (χ0n) is 46.2. The Bertz CT molecular complexity index is 1110. The molecule has 0 saturated heterocycles. The Balaban J connectivity index is 2.80. The number of esters is 2. The Hall–Kier alpha value is -1.75. The molecule has 408 valence electrons. The van der Waals surface area contributed by atoms with E-state index in [-0.39, 0.29) is 30.4 Å². The van der Waals surface area contributed by atoms with E-state index in [1.165, 1.54) is 148 Å². The lowest BCUT2D eigenvalue weighted by atomic mass is 9.94. The largest absolute Gasteiger partial charge is 0.465 e. The van der Waals surface area contributed by atoms with Gasteiger partial charge in [0.25, 0.3) is 0 Å². The fourth-order valence-corrected chi connectivity index (χ4v) is 10.1. The van der Waals surface area contributed by atoms with Gasteiger partial charge in [0.05, 0.1) is 33.0 Å². The first-order chi connectivity index (χ1) is 33.9. The fraction of sp³-hybridized carbons (Fsp3) is 0.949. The minimum Gasteiger partial charge on any atom is -0.465 e. The number of nitrogens with one attached hydrogen (secondary N) is 1. The van der Waals surface area contributed by atoms with Crippen molar-refractivity contribution in [2.75, 3.05) is 72.3 Å². The summed E-state index contributed by atoms with van der Waals surface area (Å²) in [5.41, 5.74) is 0. The van der Waals surface area contributed by atoms with Gasteiger partial charge in [-0.25, -0.2) is 0 Å². The summed E-state index contributed by atoms with van der Waals surface area (Å²) in [6.45, 7) is 16.3. The van der Waals surface area contributed by atoms with Crippen molar-refractivity contribution in [1.29, 1.82) is 0 Å². The summed E-state index contributed by atoms with van der Waals surface area (Å²) in [5, 5.41) is 12.7. The molecule has 1 rings (SSSR count). The molecular formula is C59H115N3O7. The Morgan fingerprint density at radius 1 is 0.493 bits per heavy atom. The second-order valence-corrected chi connectivity index (χ2v) is 21.2. The highest BCUT2D eigenvalue weighted by Gasteiger charge is 2.22. The summed E-state index contributed by atoms with van der Waals surface area (Å²) >= 11 is 0. The van der Waals surface area contributed by atoms with Crippen molar-refractivity contribution in [3.63, 3.8) is 0 Å². The van der Waals surface area contributed by atoms with Crippen LogP contribution < -0.4 is 5.32 Å². The third-order valence-corrected chi connectivity index (χ3v) is 14.7. The van der Waals surface area contributed by atoms with Gasteiger partial charge in [0.2, 0.25) is 5.91 Å². The van der Waals surface area contributed by atoms with Crippen molar-refractivity contribution >= 4 is 17.8 Å². The lowest BCUT2D eigenvalue weighted by Gasteiger charge is -2.35. The first kappa shape index (κ1) is 65.3. The van der Waals surface area contributed by atoms with Gasteiger partial charge < -0.3 is 24.6 Å². The molecule has 1 aliphatic carbocycles. The molecule has 1 atom stereocenters. The molecule has 0 aromatic carbocycles. The topological polar surface area (TPSA) is 118 Å². The van der Waals surface area contributed by atoms with Crippen molar-refractivity contribution < 1.29 is 33.7 Å². The predicted molar refractivity (Wildman–Crippen MR) is 290 cm³/mol. The third-order valence-electron chi connectivity index (χ3n) is 14.7. The Kier molecular flexibility index (Phi) is 47.1. The van der Waals surface area contributed by atoms with Gasteiger partial charge in [-0.05, 0) is 83.2 Å². The van der Waals surface area contributed by atoms with Crippen LogP contribution in [0.3, 0.4) is 0 Å². The van der Waals surface area contributed by atoms with E-state index in [4.69, 9.17) is 14.2 Å². The second kappa shape index (κ2) is 49.8. The van der Waals surface area contributed by atoms with Crippen molar-refractivity contribution in [3.8, 4) is 0 Å². The van der Waals surface area contributed by atoms with Crippen LogP contribution in [0.2, 0.25) is 0 Å². The molecule has 0 aromatic rings. The number of amides is 1. The van der Waals surface area contributed by atoms with E-state index in [2.05, 4.69) is 42.8 Å². The molecule has 0 radical (unpaired) electrons. The van der Waals surface area contributed by atoms with Gasteiger partial charge in [0, 0.05) is 57.4 Å². The van der Waals surface area contributed by atoms with Gasteiger partial charge >= 0.3 is 11.9 Å². The number of ether oxygens (including phenoxy) is 3. The molecule has 1 fully saturated rings. The fourth-order valence-electron chi connectivity index (χ4n) is 10.1. The SMILES string of the molecule is CCCCCCCCC(CCCCCC)CNC(=O)CCCCCN(CCOCCO)CCN(CCCCC(COC(=O)CCCCCCC)COC(=O)CCCCCCC)C1CCCCCCC1. The second-order valence-electron chi connectivity index (χ2n) is 21.2. The van der Waals surface area contributed by atoms with E-state index in [9.17, 15) is 19.5 Å². The lowest BCUT2D eigenvalue weighted by molar-refractivity contribution is -0.149. The van der Waals surface area contributed by atoms with Crippen LogP contribution in [0, 0.1) is 11.8 Å². The number of carbonyl (C=O) groups excluding carboxylic acids is 3. The number of rotatable bonds is 50. The van der Waals surface area contributed by atoms with Gasteiger partial charge in [-0.1, -0.05) is 188 Å². The number of aliphatic hydroxyl groups is 1. The Morgan fingerprint density at radius 3 is 1.54 bits per heavy atom. The minimum atomic E-state index is -0.128. The monoisotopic (exact) mass is 978 g/mol. The molecule has 1 amide bonds. The summed E-state index contributed by atoms with van der Waals surface area (Å²) in [4.78, 5) is 43.8. The minimum absolute atomic E-state index is 0.0144. The van der Waals surface area contributed by atoms with Crippen molar-refractivity contribution in [1.82, 2.24) is 15.1 Å². The van der Waals surface area contributed by atoms with Crippen molar-refractivity contribution in [2.45, 2.75) is 278 Å². The lowest BCUT2D eigenvalue weighted by Crippen LogP contribution is -2.43. The molecule has 10 nitrogen and oxygen atoms in total. The number of carbonyl (C=O) groups is 3. The molecule has 1 saturated carbocycles. The number of aliphatic hydroxyl groups excluding tert-OH is 1. The summed E-state index contributed by atoms with van der Waals surface area (Å²) in [5.74, 6) is 0.583. The maximum atomic E-state index is 13.0. The van der Waals surface area contributed by atoms with Crippen LogP contribution in [0.5, 0.6) is 0 Å². The van der Waals surface area contributed by atoms with Gasteiger partial charge in [0.15, 0.2) is 0 Å².